The first-order valence-corrected chi connectivity index (χ1v) is 6.81. The Morgan fingerprint density at radius 3 is 1.79 bits per heavy atom. The van der Waals surface area contributed by atoms with E-state index >= 15 is 0 Å². The average molecular weight is 278 g/mol. The van der Waals surface area contributed by atoms with Gasteiger partial charge < -0.3 is 9.47 Å². The molecule has 100 valence electrons. The van der Waals surface area contributed by atoms with Crippen LogP contribution >= 0.6 is 0 Å². The quantitative estimate of drug-likeness (QED) is 0.872. The molecule has 0 fully saturated rings. The Labute approximate surface area is 113 Å². The van der Waals surface area contributed by atoms with Crippen molar-refractivity contribution in [1.82, 2.24) is 0 Å². The minimum atomic E-state index is -2.56. The number of hydrogen-bond acceptors (Lipinski definition) is 4. The fourth-order valence-corrected chi connectivity index (χ4v) is 2.28. The zero-order chi connectivity index (χ0) is 13.8. The van der Waals surface area contributed by atoms with Crippen molar-refractivity contribution >= 4 is 10.7 Å². The summed E-state index contributed by atoms with van der Waals surface area (Å²) in [5.41, 5.74) is 1.65. The Morgan fingerprint density at radius 2 is 1.37 bits per heavy atom. The van der Waals surface area contributed by atoms with Crippen LogP contribution < -0.4 is 9.47 Å². The van der Waals surface area contributed by atoms with Crippen molar-refractivity contribution in [3.63, 3.8) is 0 Å². The van der Waals surface area contributed by atoms with E-state index in [1.54, 1.807) is 38.5 Å². The van der Waals surface area contributed by atoms with Gasteiger partial charge in [0.1, 0.15) is 11.5 Å². The van der Waals surface area contributed by atoms with Crippen LogP contribution in [0.5, 0.6) is 11.5 Å². The van der Waals surface area contributed by atoms with Crippen LogP contribution in [-0.4, -0.2) is 22.6 Å². The van der Waals surface area contributed by atoms with Crippen LogP contribution in [0.2, 0.25) is 0 Å². The molecule has 0 amide bonds. The Hall–Kier alpha value is -2.01. The summed E-state index contributed by atoms with van der Waals surface area (Å²) in [7, 11) is 0.607. The molecular formula is C14H14O4S. The average Bonchev–Trinajstić information content (AvgIpc) is 2.46. The normalized spacial score (nSPS) is 10.5. The number of hydrogen-bond donors (Lipinski definition) is 1. The number of methoxy groups -OCH3 is 2. The third kappa shape index (κ3) is 2.71. The minimum Gasteiger partial charge on any atom is -0.496 e. The summed E-state index contributed by atoms with van der Waals surface area (Å²) in [4.78, 5) is 0.285. The number of ether oxygens (including phenoxy) is 2. The molecule has 0 N–H and O–H groups in total. The highest BCUT2D eigenvalue weighted by Crippen LogP contribution is 2.38. The van der Waals surface area contributed by atoms with Crippen LogP contribution in [-0.2, 0) is 10.7 Å². The Bertz CT molecular complexity index is 615. The SMILES string of the molecule is COc1cccc(OC)c1-c1ccc([SH](=O)=O)cc1. The highest BCUT2D eigenvalue weighted by molar-refractivity contribution is 7.72. The highest BCUT2D eigenvalue weighted by Gasteiger charge is 2.12. The van der Waals surface area contributed by atoms with E-state index in [2.05, 4.69) is 0 Å². The van der Waals surface area contributed by atoms with Gasteiger partial charge in [0, 0.05) is 0 Å². The van der Waals surface area contributed by atoms with Crippen LogP contribution in [0.1, 0.15) is 0 Å². The summed E-state index contributed by atoms with van der Waals surface area (Å²) >= 11 is 0. The van der Waals surface area contributed by atoms with Crippen LogP contribution in [0.3, 0.4) is 0 Å². The van der Waals surface area contributed by atoms with Gasteiger partial charge in [-0.3, -0.25) is 0 Å². The van der Waals surface area contributed by atoms with Crippen molar-refractivity contribution in [3.8, 4) is 22.6 Å². The highest BCUT2D eigenvalue weighted by atomic mass is 32.2. The molecule has 5 heteroatoms. The predicted molar refractivity (Wildman–Crippen MR) is 73.6 cm³/mol. The van der Waals surface area contributed by atoms with E-state index in [1.165, 1.54) is 0 Å². The molecule has 0 aliphatic rings. The van der Waals surface area contributed by atoms with E-state index in [-0.39, 0.29) is 4.90 Å². The summed E-state index contributed by atoms with van der Waals surface area (Å²) in [6, 6.07) is 12.1. The van der Waals surface area contributed by atoms with Gasteiger partial charge >= 0.3 is 0 Å². The summed E-state index contributed by atoms with van der Waals surface area (Å²) in [5.74, 6) is 1.36. The lowest BCUT2D eigenvalue weighted by Gasteiger charge is -2.13. The maximum absolute atomic E-state index is 10.9. The number of benzene rings is 2. The Kier molecular flexibility index (Phi) is 4.06. The third-order valence-corrected chi connectivity index (χ3v) is 3.51. The molecule has 2 rings (SSSR count). The third-order valence-electron chi connectivity index (χ3n) is 2.79. The largest absolute Gasteiger partial charge is 0.496 e. The van der Waals surface area contributed by atoms with Gasteiger partial charge in [0.05, 0.1) is 24.7 Å². The Morgan fingerprint density at radius 1 is 0.842 bits per heavy atom. The standard InChI is InChI=1S/C14H14O4S/c1-17-12-4-3-5-13(18-2)14(12)10-6-8-11(9-7-10)19(15)16/h3-9,19H,1-2H3. The summed E-state index contributed by atoms with van der Waals surface area (Å²) in [6.07, 6.45) is 0. The lowest BCUT2D eigenvalue weighted by Crippen LogP contribution is -1.93. The molecule has 0 saturated carbocycles. The van der Waals surface area contributed by atoms with Gasteiger partial charge in [-0.05, 0) is 29.8 Å². The second kappa shape index (κ2) is 5.75. The molecule has 0 atom stereocenters. The smallest absolute Gasteiger partial charge is 0.168 e. The molecule has 0 unspecified atom stereocenters. The lowest BCUT2D eigenvalue weighted by atomic mass is 10.0. The fraction of sp³-hybridized carbons (Fsp3) is 0.143. The van der Waals surface area contributed by atoms with E-state index in [9.17, 15) is 8.42 Å². The van der Waals surface area contributed by atoms with Gasteiger partial charge in [0.2, 0.25) is 0 Å². The van der Waals surface area contributed by atoms with Crippen molar-refractivity contribution in [3.05, 3.63) is 42.5 Å². The van der Waals surface area contributed by atoms with Crippen molar-refractivity contribution < 1.29 is 17.9 Å². The molecule has 19 heavy (non-hydrogen) atoms. The van der Waals surface area contributed by atoms with Crippen molar-refractivity contribution in [2.24, 2.45) is 0 Å². The lowest BCUT2D eigenvalue weighted by molar-refractivity contribution is 0.397. The van der Waals surface area contributed by atoms with Crippen LogP contribution in [0.4, 0.5) is 0 Å². The van der Waals surface area contributed by atoms with Gasteiger partial charge in [-0.25, -0.2) is 8.42 Å². The maximum Gasteiger partial charge on any atom is 0.168 e. The van der Waals surface area contributed by atoms with E-state index in [4.69, 9.17) is 9.47 Å². The Balaban J connectivity index is 2.57. The van der Waals surface area contributed by atoms with Crippen LogP contribution in [0, 0.1) is 0 Å². The molecule has 0 aromatic heterocycles. The van der Waals surface area contributed by atoms with Gasteiger partial charge in [-0.15, -0.1) is 0 Å². The topological polar surface area (TPSA) is 52.6 Å². The molecule has 0 aliphatic carbocycles. The van der Waals surface area contributed by atoms with Crippen LogP contribution in [0.25, 0.3) is 11.1 Å². The van der Waals surface area contributed by atoms with Crippen LogP contribution in [0.15, 0.2) is 47.4 Å². The minimum absolute atomic E-state index is 0.285. The van der Waals surface area contributed by atoms with E-state index < -0.39 is 10.7 Å². The number of thiol groups is 1. The van der Waals surface area contributed by atoms with E-state index in [0.29, 0.717) is 11.5 Å². The zero-order valence-electron chi connectivity index (χ0n) is 10.6. The van der Waals surface area contributed by atoms with Crippen molar-refractivity contribution in [2.45, 2.75) is 4.90 Å². The molecule has 0 bridgehead atoms. The molecule has 0 heterocycles. The molecule has 4 nitrogen and oxygen atoms in total. The first-order valence-electron chi connectivity index (χ1n) is 5.63. The predicted octanol–water partition coefficient (Wildman–Crippen LogP) is 2.34. The second-order valence-corrected chi connectivity index (χ2v) is 4.87. The van der Waals surface area contributed by atoms with E-state index in [1.807, 2.05) is 18.2 Å². The van der Waals surface area contributed by atoms with Gasteiger partial charge in [0.25, 0.3) is 0 Å². The van der Waals surface area contributed by atoms with Gasteiger partial charge in [-0.1, -0.05) is 18.2 Å². The summed E-state index contributed by atoms with van der Waals surface area (Å²) in [5, 5.41) is 0. The molecule has 0 radical (unpaired) electrons. The van der Waals surface area contributed by atoms with E-state index in [0.717, 1.165) is 11.1 Å². The summed E-state index contributed by atoms with van der Waals surface area (Å²) < 4.78 is 32.4. The van der Waals surface area contributed by atoms with Crippen molar-refractivity contribution in [2.75, 3.05) is 14.2 Å². The summed E-state index contributed by atoms with van der Waals surface area (Å²) in [6.45, 7) is 0. The number of rotatable bonds is 4. The molecule has 2 aromatic carbocycles. The van der Waals surface area contributed by atoms with Crippen molar-refractivity contribution in [1.29, 1.82) is 0 Å². The maximum atomic E-state index is 10.9. The van der Waals surface area contributed by atoms with Gasteiger partial charge in [-0.2, -0.15) is 0 Å². The molecule has 0 spiro atoms. The molecule has 0 aliphatic heterocycles. The first kappa shape index (κ1) is 13.4. The van der Waals surface area contributed by atoms with Gasteiger partial charge in [0.15, 0.2) is 10.7 Å². The molecule has 2 aromatic rings. The molecular weight excluding hydrogens is 264 g/mol. The second-order valence-electron chi connectivity index (χ2n) is 3.84. The molecule has 0 saturated heterocycles. The first-order chi connectivity index (χ1) is 9.17. The fourth-order valence-electron chi connectivity index (χ4n) is 1.89. The monoisotopic (exact) mass is 278 g/mol. The zero-order valence-corrected chi connectivity index (χ0v) is 11.5.